The van der Waals surface area contributed by atoms with Crippen molar-refractivity contribution >= 4 is 5.97 Å². The van der Waals surface area contributed by atoms with E-state index in [2.05, 4.69) is 40.5 Å². The Morgan fingerprint density at radius 3 is 2.64 bits per heavy atom. The first-order chi connectivity index (χ1) is 10.7. The summed E-state index contributed by atoms with van der Waals surface area (Å²) in [7, 11) is 0. The van der Waals surface area contributed by atoms with E-state index in [1.807, 2.05) is 0 Å². The van der Waals surface area contributed by atoms with Gasteiger partial charge in [0.15, 0.2) is 0 Å². The van der Waals surface area contributed by atoms with Crippen molar-refractivity contribution in [3.8, 4) is 0 Å². The topological polar surface area (TPSA) is 52.6 Å². The van der Waals surface area contributed by atoms with Crippen LogP contribution in [0.25, 0.3) is 0 Å². The van der Waals surface area contributed by atoms with Crippen LogP contribution in [0.2, 0.25) is 0 Å². The van der Waals surface area contributed by atoms with Crippen molar-refractivity contribution in [2.75, 3.05) is 26.2 Å². The molecule has 0 radical (unpaired) electrons. The molecule has 2 aliphatic carbocycles. The number of rotatable bonds is 7. The Bertz CT molecular complexity index is 549. The third-order valence-corrected chi connectivity index (χ3v) is 5.58. The summed E-state index contributed by atoms with van der Waals surface area (Å²) in [5.74, 6) is -0.0741. The van der Waals surface area contributed by atoms with Crippen LogP contribution in [0.15, 0.2) is 30.3 Å². The quantitative estimate of drug-likeness (QED) is 0.808. The zero-order chi connectivity index (χ0) is 15.2. The number of nitrogens with one attached hydrogen (secondary N) is 1. The lowest BCUT2D eigenvalue weighted by molar-refractivity contribution is -0.147. The number of nitrogens with zero attached hydrogens (tertiary/aromatic N) is 1. The molecule has 1 heterocycles. The predicted molar refractivity (Wildman–Crippen MR) is 84.8 cm³/mol. The Morgan fingerprint density at radius 2 is 2.00 bits per heavy atom. The average molecular weight is 300 g/mol. The summed E-state index contributed by atoms with van der Waals surface area (Å²) in [5.41, 5.74) is 1.88. The molecule has 118 valence electrons. The van der Waals surface area contributed by atoms with Crippen molar-refractivity contribution in [1.29, 1.82) is 0 Å². The first kappa shape index (κ1) is 14.2. The molecule has 4 heteroatoms. The molecule has 1 saturated heterocycles. The molecule has 3 aliphatic rings. The van der Waals surface area contributed by atoms with Crippen LogP contribution in [0.3, 0.4) is 0 Å². The summed E-state index contributed by atoms with van der Waals surface area (Å²) < 4.78 is 0. The van der Waals surface area contributed by atoms with Gasteiger partial charge < -0.3 is 15.3 Å². The van der Waals surface area contributed by atoms with Crippen molar-refractivity contribution in [1.82, 2.24) is 10.2 Å². The molecule has 0 amide bonds. The molecule has 0 spiro atoms. The summed E-state index contributed by atoms with van der Waals surface area (Å²) in [6.45, 7) is 3.65. The van der Waals surface area contributed by atoms with Crippen molar-refractivity contribution in [2.24, 2.45) is 11.3 Å². The highest BCUT2D eigenvalue weighted by Crippen LogP contribution is 2.48. The molecule has 0 bridgehead atoms. The lowest BCUT2D eigenvalue weighted by Crippen LogP contribution is -2.53. The van der Waals surface area contributed by atoms with Gasteiger partial charge >= 0.3 is 5.97 Å². The SMILES string of the molecule is O=C(O)C1CN(CC2(CN[C@H]3C[C@@H]3c3ccccc3)CC2)C1. The van der Waals surface area contributed by atoms with E-state index >= 15 is 0 Å². The largest absolute Gasteiger partial charge is 0.481 e. The van der Waals surface area contributed by atoms with Gasteiger partial charge in [-0.3, -0.25) is 4.79 Å². The van der Waals surface area contributed by atoms with E-state index in [1.54, 1.807) is 0 Å². The van der Waals surface area contributed by atoms with Gasteiger partial charge in [-0.05, 0) is 30.2 Å². The van der Waals surface area contributed by atoms with E-state index in [-0.39, 0.29) is 5.92 Å². The summed E-state index contributed by atoms with van der Waals surface area (Å²) in [6, 6.07) is 11.4. The van der Waals surface area contributed by atoms with Crippen LogP contribution in [0.5, 0.6) is 0 Å². The van der Waals surface area contributed by atoms with Gasteiger partial charge in [0.05, 0.1) is 5.92 Å². The molecule has 4 rings (SSSR count). The van der Waals surface area contributed by atoms with Gasteiger partial charge in [-0.1, -0.05) is 30.3 Å². The number of aliphatic carboxylic acids is 1. The Labute approximate surface area is 131 Å². The number of carboxylic acids is 1. The molecule has 2 N–H and O–H groups in total. The molecule has 4 nitrogen and oxygen atoms in total. The van der Waals surface area contributed by atoms with Gasteiger partial charge in [-0.15, -0.1) is 0 Å². The summed E-state index contributed by atoms with van der Waals surface area (Å²) in [5, 5.41) is 12.7. The van der Waals surface area contributed by atoms with Crippen molar-refractivity contribution < 1.29 is 9.90 Å². The van der Waals surface area contributed by atoms with Gasteiger partial charge in [-0.25, -0.2) is 0 Å². The highest BCUT2D eigenvalue weighted by atomic mass is 16.4. The van der Waals surface area contributed by atoms with Crippen LogP contribution in [0, 0.1) is 11.3 Å². The number of hydrogen-bond acceptors (Lipinski definition) is 3. The first-order valence-corrected chi connectivity index (χ1v) is 8.39. The predicted octanol–water partition coefficient (Wildman–Crippen LogP) is 1.93. The van der Waals surface area contributed by atoms with Crippen LogP contribution in [-0.2, 0) is 4.79 Å². The first-order valence-electron chi connectivity index (χ1n) is 8.39. The highest BCUT2D eigenvalue weighted by Gasteiger charge is 2.48. The van der Waals surface area contributed by atoms with E-state index in [0.29, 0.717) is 17.4 Å². The number of likely N-dealkylation sites (tertiary alicyclic amines) is 1. The number of benzene rings is 1. The maximum absolute atomic E-state index is 10.9. The van der Waals surface area contributed by atoms with Crippen LogP contribution in [0.4, 0.5) is 0 Å². The molecule has 1 aromatic rings. The van der Waals surface area contributed by atoms with Crippen molar-refractivity contribution in [3.05, 3.63) is 35.9 Å². The molecule has 0 unspecified atom stereocenters. The van der Waals surface area contributed by atoms with Gasteiger partial charge in [0.25, 0.3) is 0 Å². The highest BCUT2D eigenvalue weighted by molar-refractivity contribution is 5.71. The van der Waals surface area contributed by atoms with E-state index in [1.165, 1.54) is 24.8 Å². The lowest BCUT2D eigenvalue weighted by Gasteiger charge is -2.39. The van der Waals surface area contributed by atoms with Gasteiger partial charge in [-0.2, -0.15) is 0 Å². The Kier molecular flexibility index (Phi) is 3.46. The number of carboxylic acid groups (broad SMARTS) is 1. The van der Waals surface area contributed by atoms with Crippen LogP contribution in [-0.4, -0.2) is 48.2 Å². The van der Waals surface area contributed by atoms with Crippen LogP contribution in [0.1, 0.15) is 30.7 Å². The fourth-order valence-electron chi connectivity index (χ4n) is 3.73. The Balaban J connectivity index is 1.21. The van der Waals surface area contributed by atoms with E-state index in [9.17, 15) is 4.79 Å². The zero-order valence-electron chi connectivity index (χ0n) is 12.9. The van der Waals surface area contributed by atoms with Gasteiger partial charge in [0.1, 0.15) is 0 Å². The molecule has 22 heavy (non-hydrogen) atoms. The van der Waals surface area contributed by atoms with Gasteiger partial charge in [0.2, 0.25) is 0 Å². The fourth-order valence-corrected chi connectivity index (χ4v) is 3.73. The lowest BCUT2D eigenvalue weighted by atomic mass is 9.96. The van der Waals surface area contributed by atoms with Crippen molar-refractivity contribution in [2.45, 2.75) is 31.2 Å². The third kappa shape index (κ3) is 2.90. The third-order valence-electron chi connectivity index (χ3n) is 5.58. The van der Waals surface area contributed by atoms with E-state index in [4.69, 9.17) is 5.11 Å². The maximum Gasteiger partial charge on any atom is 0.309 e. The normalized spacial score (nSPS) is 29.8. The summed E-state index contributed by atoms with van der Waals surface area (Å²) >= 11 is 0. The minimum Gasteiger partial charge on any atom is -0.481 e. The molecule has 1 aromatic carbocycles. The standard InChI is InChI=1S/C18H24N2O2/c21-17(22)14-9-20(10-14)12-18(6-7-18)11-19-16-8-15(16)13-4-2-1-3-5-13/h1-5,14-16,19H,6-12H2,(H,21,22)/t15-,16+/m1/s1. The smallest absolute Gasteiger partial charge is 0.309 e. The fraction of sp³-hybridized carbons (Fsp3) is 0.611. The molecule has 0 aromatic heterocycles. The van der Waals surface area contributed by atoms with Gasteiger partial charge in [0, 0.05) is 38.1 Å². The van der Waals surface area contributed by atoms with E-state index in [0.717, 1.165) is 26.2 Å². The second-order valence-electron chi connectivity index (χ2n) is 7.47. The molecular weight excluding hydrogens is 276 g/mol. The van der Waals surface area contributed by atoms with Crippen molar-refractivity contribution in [3.63, 3.8) is 0 Å². The minimum absolute atomic E-state index is 0.130. The second-order valence-corrected chi connectivity index (χ2v) is 7.47. The molecule has 3 fully saturated rings. The number of hydrogen-bond donors (Lipinski definition) is 2. The average Bonchev–Trinajstić information content (AvgIpc) is 3.37. The summed E-state index contributed by atoms with van der Waals surface area (Å²) in [4.78, 5) is 13.2. The molecule has 2 saturated carbocycles. The Morgan fingerprint density at radius 1 is 1.27 bits per heavy atom. The maximum atomic E-state index is 10.9. The van der Waals surface area contributed by atoms with E-state index < -0.39 is 5.97 Å². The second kappa shape index (κ2) is 5.36. The molecular formula is C18H24N2O2. The Hall–Kier alpha value is -1.39. The molecule has 2 atom stereocenters. The number of carbonyl (C=O) groups is 1. The summed E-state index contributed by atoms with van der Waals surface area (Å²) in [6.07, 6.45) is 3.83. The monoisotopic (exact) mass is 300 g/mol. The molecule has 1 aliphatic heterocycles. The van der Waals surface area contributed by atoms with Crippen LogP contribution < -0.4 is 5.32 Å². The minimum atomic E-state index is -0.636. The zero-order valence-corrected chi connectivity index (χ0v) is 12.9. The van der Waals surface area contributed by atoms with Crippen LogP contribution >= 0.6 is 0 Å².